The minimum Gasteiger partial charge on any atom is -0.479 e. The fourth-order valence-electron chi connectivity index (χ4n) is 2.77. The first kappa shape index (κ1) is 17.7. The fourth-order valence-corrected chi connectivity index (χ4v) is 5.16. The lowest BCUT2D eigenvalue weighted by molar-refractivity contribution is -0.148. The van der Waals surface area contributed by atoms with E-state index in [1.165, 1.54) is 0 Å². The zero-order valence-corrected chi connectivity index (χ0v) is 17.8. The van der Waals surface area contributed by atoms with Crippen LogP contribution in [0.5, 0.6) is 0 Å². The molecule has 2 rings (SSSR count). The van der Waals surface area contributed by atoms with E-state index in [9.17, 15) is 14.7 Å². The Morgan fingerprint density at radius 2 is 2.00 bits per heavy atom. The smallest absolute Gasteiger partial charge is 0.329 e. The van der Waals surface area contributed by atoms with E-state index in [1.807, 2.05) is 19.1 Å². The van der Waals surface area contributed by atoms with E-state index in [2.05, 4.69) is 67.8 Å². The highest BCUT2D eigenvalue weighted by molar-refractivity contribution is 14.1. The topological polar surface area (TPSA) is 57.6 Å². The Bertz CT molecular complexity index is 605. The number of amides is 1. The summed E-state index contributed by atoms with van der Waals surface area (Å²) in [4.78, 5) is 26.2. The van der Waals surface area contributed by atoms with Gasteiger partial charge in [-0.15, -0.1) is 0 Å². The van der Waals surface area contributed by atoms with Crippen LogP contribution in [0.4, 0.5) is 0 Å². The van der Waals surface area contributed by atoms with Crippen LogP contribution in [0.15, 0.2) is 12.1 Å². The molecule has 1 heterocycles. The molecular weight excluding hydrogens is 611 g/mol. The maximum Gasteiger partial charge on any atom is 0.329 e. The van der Waals surface area contributed by atoms with E-state index < -0.39 is 11.5 Å². The Balaban J connectivity index is 2.47. The van der Waals surface area contributed by atoms with Gasteiger partial charge in [0.25, 0.3) is 5.91 Å². The van der Waals surface area contributed by atoms with Gasteiger partial charge in [0, 0.05) is 17.3 Å². The predicted molar refractivity (Wildman–Crippen MR) is 106 cm³/mol. The van der Waals surface area contributed by atoms with Gasteiger partial charge in [0.05, 0.1) is 5.56 Å². The molecule has 7 heteroatoms. The molecule has 114 valence electrons. The standard InChI is InChI=1S/C14H14I3NO3/c1-2-14(13(20)21)4-3-5-18(14)12(19)9-6-8(15)7-10(16)11(9)17/h6-7H,2-5H2,1H3,(H,20,21). The zero-order valence-electron chi connectivity index (χ0n) is 11.3. The van der Waals surface area contributed by atoms with Gasteiger partial charge in [-0.05, 0) is 99.2 Å². The quantitative estimate of drug-likeness (QED) is 0.409. The Morgan fingerprint density at radius 3 is 2.57 bits per heavy atom. The molecule has 0 bridgehead atoms. The average Bonchev–Trinajstić information content (AvgIpc) is 2.87. The zero-order chi connectivity index (χ0) is 15.8. The van der Waals surface area contributed by atoms with Gasteiger partial charge < -0.3 is 10.0 Å². The second-order valence-electron chi connectivity index (χ2n) is 5.00. The van der Waals surface area contributed by atoms with Crippen molar-refractivity contribution in [3.63, 3.8) is 0 Å². The highest BCUT2D eigenvalue weighted by Crippen LogP contribution is 2.35. The van der Waals surface area contributed by atoms with Gasteiger partial charge >= 0.3 is 5.97 Å². The number of benzene rings is 1. The average molecular weight is 625 g/mol. The van der Waals surface area contributed by atoms with Crippen molar-refractivity contribution >= 4 is 79.6 Å². The maximum atomic E-state index is 12.9. The molecule has 1 aliphatic heterocycles. The number of carbonyl (C=O) groups is 2. The third-order valence-corrected chi connectivity index (χ3v) is 7.61. The molecule has 1 aromatic rings. The summed E-state index contributed by atoms with van der Waals surface area (Å²) >= 11 is 6.54. The van der Waals surface area contributed by atoms with Gasteiger partial charge in [-0.25, -0.2) is 4.79 Å². The highest BCUT2D eigenvalue weighted by Gasteiger charge is 2.48. The molecule has 1 aromatic carbocycles. The molecule has 1 atom stereocenters. The Morgan fingerprint density at radius 1 is 1.33 bits per heavy atom. The summed E-state index contributed by atoms with van der Waals surface area (Å²) in [5.74, 6) is -1.07. The molecule has 1 saturated heterocycles. The Kier molecular flexibility index (Phi) is 5.77. The van der Waals surface area contributed by atoms with Crippen molar-refractivity contribution < 1.29 is 14.7 Å². The summed E-state index contributed by atoms with van der Waals surface area (Å²) in [5.41, 5.74) is -0.444. The molecule has 1 N–H and O–H groups in total. The summed E-state index contributed by atoms with van der Waals surface area (Å²) in [5, 5.41) is 9.61. The molecule has 4 nitrogen and oxygen atoms in total. The number of carbonyl (C=O) groups excluding carboxylic acids is 1. The summed E-state index contributed by atoms with van der Waals surface area (Å²) in [6.07, 6.45) is 1.71. The lowest BCUT2D eigenvalue weighted by atomic mass is 9.92. The molecule has 1 aliphatic rings. The third-order valence-electron chi connectivity index (χ3n) is 3.94. The number of carboxylic acid groups (broad SMARTS) is 1. The van der Waals surface area contributed by atoms with Crippen LogP contribution in [-0.2, 0) is 4.79 Å². The second-order valence-corrected chi connectivity index (χ2v) is 8.49. The van der Waals surface area contributed by atoms with Crippen molar-refractivity contribution in [2.45, 2.75) is 31.7 Å². The molecule has 0 aliphatic carbocycles. The van der Waals surface area contributed by atoms with Crippen molar-refractivity contribution in [1.82, 2.24) is 4.90 Å². The van der Waals surface area contributed by atoms with E-state index in [-0.39, 0.29) is 5.91 Å². The van der Waals surface area contributed by atoms with Crippen LogP contribution in [-0.4, -0.2) is 34.0 Å². The van der Waals surface area contributed by atoms with E-state index in [0.717, 1.165) is 17.1 Å². The Hall–Kier alpha value is 0.350. The number of likely N-dealkylation sites (tertiary alicyclic amines) is 1. The molecule has 21 heavy (non-hydrogen) atoms. The fraction of sp³-hybridized carbons (Fsp3) is 0.429. The minimum absolute atomic E-state index is 0.169. The number of hydrogen-bond acceptors (Lipinski definition) is 2. The van der Waals surface area contributed by atoms with E-state index in [0.29, 0.717) is 24.9 Å². The maximum absolute atomic E-state index is 12.9. The van der Waals surface area contributed by atoms with Crippen molar-refractivity contribution in [2.75, 3.05) is 6.54 Å². The van der Waals surface area contributed by atoms with Gasteiger partial charge in [-0.1, -0.05) is 6.92 Å². The van der Waals surface area contributed by atoms with Gasteiger partial charge in [0.2, 0.25) is 0 Å². The molecule has 1 amide bonds. The molecule has 0 radical (unpaired) electrons. The molecule has 0 aromatic heterocycles. The second kappa shape index (κ2) is 6.85. The molecule has 0 spiro atoms. The number of halogens is 3. The SMILES string of the molecule is CCC1(C(=O)O)CCCN1C(=O)c1cc(I)cc(I)c1I. The molecule has 0 saturated carbocycles. The lowest BCUT2D eigenvalue weighted by Gasteiger charge is -2.34. The molecule has 1 unspecified atom stereocenters. The highest BCUT2D eigenvalue weighted by atomic mass is 127. The number of aliphatic carboxylic acids is 1. The van der Waals surface area contributed by atoms with Crippen LogP contribution in [0.1, 0.15) is 36.5 Å². The van der Waals surface area contributed by atoms with E-state index in [4.69, 9.17) is 0 Å². The first-order valence-electron chi connectivity index (χ1n) is 6.53. The minimum atomic E-state index is -1.05. The van der Waals surface area contributed by atoms with Crippen molar-refractivity contribution in [1.29, 1.82) is 0 Å². The van der Waals surface area contributed by atoms with Crippen LogP contribution in [0.3, 0.4) is 0 Å². The number of carboxylic acids is 1. The van der Waals surface area contributed by atoms with Crippen LogP contribution in [0, 0.1) is 10.7 Å². The molecular formula is C14H14I3NO3. The normalized spacial score (nSPS) is 21.6. The first-order valence-corrected chi connectivity index (χ1v) is 9.77. The lowest BCUT2D eigenvalue weighted by Crippen LogP contribution is -2.52. The van der Waals surface area contributed by atoms with Crippen molar-refractivity contribution in [3.8, 4) is 0 Å². The van der Waals surface area contributed by atoms with Crippen LogP contribution >= 0.6 is 67.8 Å². The van der Waals surface area contributed by atoms with Crippen LogP contribution < -0.4 is 0 Å². The van der Waals surface area contributed by atoms with E-state index >= 15 is 0 Å². The summed E-state index contributed by atoms with van der Waals surface area (Å²) < 4.78 is 2.89. The number of hydrogen-bond donors (Lipinski definition) is 1. The first-order chi connectivity index (χ1) is 9.83. The summed E-state index contributed by atoms with van der Waals surface area (Å²) in [6, 6.07) is 3.85. The largest absolute Gasteiger partial charge is 0.479 e. The van der Waals surface area contributed by atoms with Crippen LogP contribution in [0.2, 0.25) is 0 Å². The summed E-state index contributed by atoms with van der Waals surface area (Å²) in [7, 11) is 0. The Labute approximate surface area is 164 Å². The predicted octanol–water partition coefficient (Wildman–Crippen LogP) is 3.97. The monoisotopic (exact) mass is 625 g/mol. The van der Waals surface area contributed by atoms with E-state index in [1.54, 1.807) is 4.90 Å². The van der Waals surface area contributed by atoms with Crippen LogP contribution in [0.25, 0.3) is 0 Å². The van der Waals surface area contributed by atoms with Gasteiger partial charge in [0.1, 0.15) is 5.54 Å². The third kappa shape index (κ3) is 3.19. The van der Waals surface area contributed by atoms with Crippen molar-refractivity contribution in [2.24, 2.45) is 0 Å². The molecule has 1 fully saturated rings. The van der Waals surface area contributed by atoms with Gasteiger partial charge in [0.15, 0.2) is 0 Å². The number of rotatable bonds is 3. The van der Waals surface area contributed by atoms with Crippen molar-refractivity contribution in [3.05, 3.63) is 28.4 Å². The van der Waals surface area contributed by atoms with Gasteiger partial charge in [-0.3, -0.25) is 4.79 Å². The van der Waals surface area contributed by atoms with Gasteiger partial charge in [-0.2, -0.15) is 0 Å². The summed E-state index contributed by atoms with van der Waals surface area (Å²) in [6.45, 7) is 2.35. The number of nitrogens with zero attached hydrogens (tertiary/aromatic N) is 1.